The largest absolute Gasteiger partial charge is 0.313 e. The maximum atomic E-state index is 5.25. The van der Waals surface area contributed by atoms with Gasteiger partial charge in [-0.3, -0.25) is 4.57 Å². The average Bonchev–Trinajstić information content (AvgIpc) is 3.90. The molecule has 61 heavy (non-hydrogen) atoms. The van der Waals surface area contributed by atoms with Crippen LogP contribution in [0.2, 0.25) is 0 Å². The predicted octanol–water partition coefficient (Wildman–Crippen LogP) is 13.8. The third kappa shape index (κ3) is 5.59. The zero-order valence-electron chi connectivity index (χ0n) is 34.6. The van der Waals surface area contributed by atoms with Crippen LogP contribution in [-0.4, -0.2) is 24.1 Å². The second-order valence-electron chi connectivity index (χ2n) is 16.9. The van der Waals surface area contributed by atoms with E-state index in [9.17, 15) is 0 Å². The first-order valence-corrected chi connectivity index (χ1v) is 21.1. The molecule has 4 heterocycles. The normalized spacial score (nSPS) is 14.8. The van der Waals surface area contributed by atoms with Crippen LogP contribution < -0.4 is 4.90 Å². The van der Waals surface area contributed by atoms with Gasteiger partial charge in [0, 0.05) is 61.3 Å². The van der Waals surface area contributed by atoms with Crippen molar-refractivity contribution in [1.29, 1.82) is 0 Å². The van der Waals surface area contributed by atoms with E-state index in [1.165, 1.54) is 61.0 Å². The van der Waals surface area contributed by atoms with Crippen molar-refractivity contribution < 1.29 is 0 Å². The SMILES string of the molecule is CC1=CC=C2C(C1)c1cc(C)ccc1N2c1ccc2c(c1)c1cc(-n3c4ccc(C)cc4c4cc(C)ccc43)ccc1n2-c1nc(-c2ccccc2)nc(-c2ccccc2)n1. The lowest BCUT2D eigenvalue weighted by molar-refractivity contribution is 0.783. The van der Waals surface area contributed by atoms with E-state index in [0.717, 1.165) is 50.7 Å². The third-order valence-electron chi connectivity index (χ3n) is 12.7. The van der Waals surface area contributed by atoms with E-state index in [1.807, 2.05) is 36.4 Å². The summed E-state index contributed by atoms with van der Waals surface area (Å²) in [5.41, 5.74) is 17.7. The molecule has 0 saturated carbocycles. The Hall–Kier alpha value is -7.57. The summed E-state index contributed by atoms with van der Waals surface area (Å²) in [5, 5.41) is 4.78. The monoisotopic (exact) mass is 786 g/mol. The molecule has 2 aliphatic rings. The molecule has 7 aromatic carbocycles. The summed E-state index contributed by atoms with van der Waals surface area (Å²) in [4.78, 5) is 18.0. The molecule has 0 fully saturated rings. The van der Waals surface area contributed by atoms with Crippen LogP contribution in [0.25, 0.3) is 78.0 Å². The van der Waals surface area contributed by atoms with E-state index in [1.54, 1.807) is 0 Å². The Bertz CT molecular complexity index is 3380. The van der Waals surface area contributed by atoms with E-state index in [4.69, 9.17) is 15.0 Å². The molecule has 292 valence electrons. The van der Waals surface area contributed by atoms with Gasteiger partial charge in [0.15, 0.2) is 11.6 Å². The van der Waals surface area contributed by atoms with E-state index in [2.05, 4.69) is 169 Å². The highest BCUT2D eigenvalue weighted by molar-refractivity contribution is 6.13. The van der Waals surface area contributed by atoms with Gasteiger partial charge in [-0.1, -0.05) is 113 Å². The van der Waals surface area contributed by atoms with Crippen molar-refractivity contribution in [1.82, 2.24) is 24.1 Å². The molecular formula is C55H42N6. The van der Waals surface area contributed by atoms with E-state index in [-0.39, 0.29) is 0 Å². The Morgan fingerprint density at radius 1 is 0.459 bits per heavy atom. The van der Waals surface area contributed by atoms with E-state index in [0.29, 0.717) is 23.5 Å². The lowest BCUT2D eigenvalue weighted by Gasteiger charge is -2.25. The lowest BCUT2D eigenvalue weighted by Crippen LogP contribution is -2.15. The van der Waals surface area contributed by atoms with Crippen molar-refractivity contribution in [3.05, 3.63) is 197 Å². The molecule has 1 atom stereocenters. The van der Waals surface area contributed by atoms with Crippen molar-refractivity contribution >= 4 is 55.0 Å². The second kappa shape index (κ2) is 13.5. The molecule has 0 N–H and O–H groups in total. The molecule has 0 amide bonds. The lowest BCUT2D eigenvalue weighted by atomic mass is 9.88. The maximum absolute atomic E-state index is 5.25. The number of anilines is 2. The first kappa shape index (κ1) is 35.4. The van der Waals surface area contributed by atoms with Crippen molar-refractivity contribution in [2.75, 3.05) is 4.90 Å². The number of aromatic nitrogens is 5. The van der Waals surface area contributed by atoms with Gasteiger partial charge in [-0.15, -0.1) is 0 Å². The van der Waals surface area contributed by atoms with Crippen molar-refractivity contribution in [3.8, 4) is 34.4 Å². The minimum absolute atomic E-state index is 0.323. The second-order valence-corrected chi connectivity index (χ2v) is 16.9. The highest BCUT2D eigenvalue weighted by atomic mass is 15.2. The minimum atomic E-state index is 0.323. The fraction of sp³-hybridized carbons (Fsp3) is 0.109. The molecule has 1 unspecified atom stereocenters. The van der Waals surface area contributed by atoms with Gasteiger partial charge in [0.05, 0.1) is 22.1 Å². The van der Waals surface area contributed by atoms with Crippen LogP contribution in [0.3, 0.4) is 0 Å². The first-order valence-electron chi connectivity index (χ1n) is 21.1. The van der Waals surface area contributed by atoms with Gasteiger partial charge in [-0.2, -0.15) is 9.97 Å². The van der Waals surface area contributed by atoms with Crippen LogP contribution in [-0.2, 0) is 0 Å². The van der Waals surface area contributed by atoms with Gasteiger partial charge in [-0.25, -0.2) is 4.98 Å². The van der Waals surface area contributed by atoms with Gasteiger partial charge in [0.25, 0.3) is 0 Å². The molecule has 12 rings (SSSR count). The summed E-state index contributed by atoms with van der Waals surface area (Å²) in [6.07, 6.45) is 5.64. The fourth-order valence-corrected chi connectivity index (χ4v) is 9.84. The zero-order chi connectivity index (χ0) is 40.9. The van der Waals surface area contributed by atoms with Gasteiger partial charge in [-0.05, 0) is 112 Å². The summed E-state index contributed by atoms with van der Waals surface area (Å²) >= 11 is 0. The number of fused-ring (bicyclic) bond motifs is 9. The van der Waals surface area contributed by atoms with Gasteiger partial charge in [0.1, 0.15) is 0 Å². The standard InChI is InChI=1S/C55H42N6/c1-33-15-21-47-41(27-33)42-28-34(2)16-22-48(42)59(47)39-19-25-51-45(31-39)46-32-40(60-49-23-17-35(3)29-43(49)44-30-36(4)18-24-50(44)60)20-26-52(46)61(51)55-57-53(37-11-7-5-8-12-37)56-54(58-55)38-13-9-6-10-14-38/h5-29,31-32,44H,30H2,1-4H3. The van der Waals surface area contributed by atoms with Crippen molar-refractivity contribution in [2.45, 2.75) is 40.0 Å². The number of rotatable bonds is 5. The molecule has 0 radical (unpaired) electrons. The number of benzene rings is 7. The predicted molar refractivity (Wildman–Crippen MR) is 251 cm³/mol. The van der Waals surface area contributed by atoms with Gasteiger partial charge >= 0.3 is 0 Å². The summed E-state index contributed by atoms with van der Waals surface area (Å²) in [6, 6.07) is 54.7. The summed E-state index contributed by atoms with van der Waals surface area (Å²) in [5.74, 6) is 2.16. The Kier molecular flexibility index (Phi) is 7.82. The fourth-order valence-electron chi connectivity index (χ4n) is 9.84. The number of hydrogen-bond acceptors (Lipinski definition) is 4. The van der Waals surface area contributed by atoms with Crippen LogP contribution in [0.1, 0.15) is 41.5 Å². The summed E-state index contributed by atoms with van der Waals surface area (Å²) in [7, 11) is 0. The molecule has 0 spiro atoms. The first-order chi connectivity index (χ1) is 29.9. The molecule has 6 nitrogen and oxygen atoms in total. The van der Waals surface area contributed by atoms with E-state index < -0.39 is 0 Å². The van der Waals surface area contributed by atoms with Crippen molar-refractivity contribution in [3.63, 3.8) is 0 Å². The molecule has 1 aliphatic carbocycles. The Labute approximate surface area is 354 Å². The smallest absolute Gasteiger partial charge is 0.238 e. The van der Waals surface area contributed by atoms with Gasteiger partial charge in [0.2, 0.25) is 5.95 Å². The highest BCUT2D eigenvalue weighted by Crippen LogP contribution is 2.52. The average molecular weight is 787 g/mol. The number of allylic oxidation sites excluding steroid dienone is 4. The Morgan fingerprint density at radius 3 is 1.59 bits per heavy atom. The van der Waals surface area contributed by atoms with E-state index >= 15 is 0 Å². The Balaban J connectivity index is 1.15. The van der Waals surface area contributed by atoms with Crippen LogP contribution in [0.4, 0.5) is 11.4 Å². The quantitative estimate of drug-likeness (QED) is 0.174. The minimum Gasteiger partial charge on any atom is -0.313 e. The summed E-state index contributed by atoms with van der Waals surface area (Å²) in [6.45, 7) is 8.79. The number of aryl methyl sites for hydroxylation is 3. The van der Waals surface area contributed by atoms with Crippen LogP contribution >= 0.6 is 0 Å². The molecule has 0 saturated heterocycles. The van der Waals surface area contributed by atoms with Crippen molar-refractivity contribution in [2.24, 2.45) is 0 Å². The molecular weight excluding hydrogens is 745 g/mol. The number of hydrogen-bond donors (Lipinski definition) is 0. The van der Waals surface area contributed by atoms with Crippen LogP contribution in [0.5, 0.6) is 0 Å². The maximum Gasteiger partial charge on any atom is 0.238 e. The highest BCUT2D eigenvalue weighted by Gasteiger charge is 2.36. The topological polar surface area (TPSA) is 51.8 Å². The Morgan fingerprint density at radius 2 is 0.967 bits per heavy atom. The van der Waals surface area contributed by atoms with Gasteiger partial charge < -0.3 is 9.47 Å². The molecule has 3 aromatic heterocycles. The zero-order valence-corrected chi connectivity index (χ0v) is 34.6. The third-order valence-corrected chi connectivity index (χ3v) is 12.7. The molecule has 0 bridgehead atoms. The van der Waals surface area contributed by atoms with Crippen LogP contribution in [0, 0.1) is 20.8 Å². The number of nitrogens with zero attached hydrogens (tertiary/aromatic N) is 6. The molecule has 10 aromatic rings. The molecule has 6 heteroatoms. The molecule has 1 aliphatic heterocycles. The van der Waals surface area contributed by atoms with Crippen LogP contribution in [0.15, 0.2) is 175 Å². The summed E-state index contributed by atoms with van der Waals surface area (Å²) < 4.78 is 4.65.